The highest BCUT2D eigenvalue weighted by molar-refractivity contribution is 5.93. The van der Waals surface area contributed by atoms with Crippen molar-refractivity contribution >= 4 is 27.7 Å². The van der Waals surface area contributed by atoms with Crippen molar-refractivity contribution in [2.75, 3.05) is 13.1 Å². The lowest BCUT2D eigenvalue weighted by Gasteiger charge is -2.17. The summed E-state index contributed by atoms with van der Waals surface area (Å²) >= 11 is 0. The average molecular weight is 348 g/mol. The van der Waals surface area contributed by atoms with E-state index in [1.807, 2.05) is 54.3 Å². The smallest absolute Gasteiger partial charge is 0.222 e. The number of hydrogen-bond acceptors (Lipinski definition) is 2. The summed E-state index contributed by atoms with van der Waals surface area (Å²) in [6, 6.07) is 13.8. The maximum Gasteiger partial charge on any atom is 0.222 e. The average Bonchev–Trinajstić information content (AvgIpc) is 3.19. The van der Waals surface area contributed by atoms with E-state index in [9.17, 15) is 9.59 Å². The Hall–Kier alpha value is -2.62. The second-order valence-electron chi connectivity index (χ2n) is 7.21. The van der Waals surface area contributed by atoms with Gasteiger partial charge in [-0.15, -0.1) is 0 Å². The predicted molar refractivity (Wildman–Crippen MR) is 105 cm³/mol. The zero-order valence-electron chi connectivity index (χ0n) is 15.2. The molecule has 0 unspecified atom stereocenters. The van der Waals surface area contributed by atoms with Crippen molar-refractivity contribution in [3.8, 4) is 0 Å². The van der Waals surface area contributed by atoms with Crippen LogP contribution in [-0.4, -0.2) is 28.5 Å². The molecule has 0 bridgehead atoms. The fourth-order valence-corrected chi connectivity index (χ4v) is 4.00. The van der Waals surface area contributed by atoms with E-state index >= 15 is 0 Å². The molecule has 1 aliphatic rings. The molecule has 2 aromatic carbocycles. The van der Waals surface area contributed by atoms with E-state index in [0.29, 0.717) is 6.42 Å². The summed E-state index contributed by atoms with van der Waals surface area (Å²) in [6.45, 7) is 4.55. The molecule has 4 heteroatoms. The molecular formula is C22H24N2O2. The number of fused-ring (bicyclic) bond motifs is 2. The second-order valence-corrected chi connectivity index (χ2v) is 7.21. The SMILES string of the molecule is Cc1ccc2c(c1)c(=O)c1ccccc1n2CCCC(=O)N1CCCC1. The van der Waals surface area contributed by atoms with Gasteiger partial charge in [0.2, 0.25) is 5.91 Å². The van der Waals surface area contributed by atoms with Crippen LogP contribution in [0.4, 0.5) is 0 Å². The number of pyridine rings is 1. The monoisotopic (exact) mass is 348 g/mol. The van der Waals surface area contributed by atoms with Crippen LogP contribution in [0.3, 0.4) is 0 Å². The molecule has 1 fully saturated rings. The number of aromatic nitrogens is 1. The minimum Gasteiger partial charge on any atom is -0.343 e. The van der Waals surface area contributed by atoms with Gasteiger partial charge >= 0.3 is 0 Å². The van der Waals surface area contributed by atoms with Crippen LogP contribution in [0.5, 0.6) is 0 Å². The molecule has 4 nitrogen and oxygen atoms in total. The molecule has 0 saturated carbocycles. The van der Waals surface area contributed by atoms with Gasteiger partial charge in [0.25, 0.3) is 0 Å². The second kappa shape index (κ2) is 6.94. The fraction of sp³-hybridized carbons (Fsp3) is 0.364. The number of likely N-dealkylation sites (tertiary alicyclic amines) is 1. The van der Waals surface area contributed by atoms with Gasteiger partial charge in [-0.05, 0) is 50.5 Å². The number of hydrogen-bond donors (Lipinski definition) is 0. The molecule has 2 heterocycles. The third kappa shape index (κ3) is 3.00. The maximum absolute atomic E-state index is 12.9. The van der Waals surface area contributed by atoms with Crippen molar-refractivity contribution in [1.82, 2.24) is 9.47 Å². The van der Waals surface area contributed by atoms with E-state index in [-0.39, 0.29) is 11.3 Å². The third-order valence-corrected chi connectivity index (χ3v) is 5.36. The van der Waals surface area contributed by atoms with Crippen molar-refractivity contribution in [2.45, 2.75) is 39.2 Å². The first-order valence-corrected chi connectivity index (χ1v) is 9.45. The first-order valence-electron chi connectivity index (χ1n) is 9.45. The Morgan fingerprint density at radius 2 is 1.73 bits per heavy atom. The highest BCUT2D eigenvalue weighted by atomic mass is 16.2. The first kappa shape index (κ1) is 16.8. The van der Waals surface area contributed by atoms with E-state index in [0.717, 1.165) is 66.3 Å². The zero-order valence-corrected chi connectivity index (χ0v) is 15.2. The Bertz CT molecular complexity index is 1030. The topological polar surface area (TPSA) is 42.3 Å². The van der Waals surface area contributed by atoms with Gasteiger partial charge in [-0.3, -0.25) is 9.59 Å². The number of amides is 1. The van der Waals surface area contributed by atoms with E-state index < -0.39 is 0 Å². The van der Waals surface area contributed by atoms with Crippen molar-refractivity contribution in [1.29, 1.82) is 0 Å². The lowest BCUT2D eigenvalue weighted by atomic mass is 10.1. The minimum absolute atomic E-state index is 0.0868. The highest BCUT2D eigenvalue weighted by Gasteiger charge is 2.17. The van der Waals surface area contributed by atoms with Gasteiger partial charge in [0.15, 0.2) is 5.43 Å². The Kier molecular flexibility index (Phi) is 4.49. The van der Waals surface area contributed by atoms with E-state index in [4.69, 9.17) is 0 Å². The largest absolute Gasteiger partial charge is 0.343 e. The normalized spacial score (nSPS) is 14.4. The van der Waals surface area contributed by atoms with Gasteiger partial charge in [0.1, 0.15) is 0 Å². The van der Waals surface area contributed by atoms with Gasteiger partial charge in [-0.25, -0.2) is 0 Å². The summed E-state index contributed by atoms with van der Waals surface area (Å²) in [5, 5.41) is 1.51. The van der Waals surface area contributed by atoms with Crippen LogP contribution in [0.25, 0.3) is 21.8 Å². The minimum atomic E-state index is 0.0868. The van der Waals surface area contributed by atoms with E-state index in [1.54, 1.807) is 0 Å². The molecule has 0 radical (unpaired) electrons. The highest BCUT2D eigenvalue weighted by Crippen LogP contribution is 2.21. The lowest BCUT2D eigenvalue weighted by Crippen LogP contribution is -2.27. The standard InChI is InChI=1S/C22H24N2O2/c1-16-10-11-20-18(15-16)22(26)17-7-2-3-8-19(17)24(20)14-6-9-21(25)23-12-4-5-13-23/h2-3,7-8,10-11,15H,4-6,9,12-14H2,1H3. The van der Waals surface area contributed by atoms with Crippen LogP contribution < -0.4 is 5.43 Å². The van der Waals surface area contributed by atoms with E-state index in [2.05, 4.69) is 4.57 Å². The van der Waals surface area contributed by atoms with Crippen molar-refractivity contribution < 1.29 is 4.79 Å². The zero-order chi connectivity index (χ0) is 18.1. The van der Waals surface area contributed by atoms with E-state index in [1.165, 1.54) is 0 Å². The number of carbonyl (C=O) groups is 1. The Balaban J connectivity index is 1.69. The summed E-state index contributed by atoms with van der Waals surface area (Å²) in [6.07, 6.45) is 3.60. The summed E-state index contributed by atoms with van der Waals surface area (Å²) in [5.41, 5.74) is 3.07. The summed E-state index contributed by atoms with van der Waals surface area (Å²) in [7, 11) is 0. The van der Waals surface area contributed by atoms with Gasteiger partial charge in [-0.2, -0.15) is 0 Å². The molecule has 3 aromatic rings. The predicted octanol–water partition coefficient (Wildman–Crippen LogP) is 3.87. The molecule has 1 aromatic heterocycles. The van der Waals surface area contributed by atoms with Crippen molar-refractivity contribution in [3.63, 3.8) is 0 Å². The maximum atomic E-state index is 12.9. The van der Waals surface area contributed by atoms with Gasteiger partial charge < -0.3 is 9.47 Å². The lowest BCUT2D eigenvalue weighted by molar-refractivity contribution is -0.130. The van der Waals surface area contributed by atoms with Crippen LogP contribution in [-0.2, 0) is 11.3 Å². The number of carbonyl (C=O) groups excluding carboxylic acids is 1. The molecule has 134 valence electrons. The Labute approximate surface area is 153 Å². The molecule has 0 spiro atoms. The van der Waals surface area contributed by atoms with Crippen molar-refractivity contribution in [2.24, 2.45) is 0 Å². The number of aryl methyl sites for hydroxylation is 2. The summed E-state index contributed by atoms with van der Waals surface area (Å²) in [4.78, 5) is 27.2. The quantitative estimate of drug-likeness (QED) is 0.672. The van der Waals surface area contributed by atoms with Gasteiger partial charge in [0.05, 0.1) is 11.0 Å². The molecule has 0 atom stereocenters. The van der Waals surface area contributed by atoms with Crippen LogP contribution in [0, 0.1) is 6.92 Å². The Morgan fingerprint density at radius 3 is 2.54 bits per heavy atom. The number of para-hydroxylation sites is 1. The molecule has 26 heavy (non-hydrogen) atoms. The fourth-order valence-electron chi connectivity index (χ4n) is 4.00. The third-order valence-electron chi connectivity index (χ3n) is 5.36. The van der Waals surface area contributed by atoms with Gasteiger partial charge in [0, 0.05) is 36.8 Å². The van der Waals surface area contributed by atoms with Gasteiger partial charge in [-0.1, -0.05) is 23.8 Å². The molecular weight excluding hydrogens is 324 g/mol. The molecule has 1 aliphatic heterocycles. The first-order chi connectivity index (χ1) is 12.6. The van der Waals surface area contributed by atoms with Crippen LogP contribution in [0.1, 0.15) is 31.2 Å². The number of nitrogens with zero attached hydrogens (tertiary/aromatic N) is 2. The summed E-state index contributed by atoms with van der Waals surface area (Å²) in [5.74, 6) is 0.257. The van der Waals surface area contributed by atoms with Crippen molar-refractivity contribution in [3.05, 3.63) is 58.3 Å². The number of benzene rings is 2. The molecule has 0 aliphatic carbocycles. The number of rotatable bonds is 4. The summed E-state index contributed by atoms with van der Waals surface area (Å²) < 4.78 is 2.20. The van der Waals surface area contributed by atoms with Crippen LogP contribution >= 0.6 is 0 Å². The van der Waals surface area contributed by atoms with Crippen LogP contribution in [0.15, 0.2) is 47.3 Å². The molecule has 1 saturated heterocycles. The molecule has 4 rings (SSSR count). The molecule has 1 amide bonds. The van der Waals surface area contributed by atoms with Crippen LogP contribution in [0.2, 0.25) is 0 Å². The molecule has 0 N–H and O–H groups in total. The Morgan fingerprint density at radius 1 is 1.00 bits per heavy atom.